The summed E-state index contributed by atoms with van der Waals surface area (Å²) in [5.74, 6) is 1.05. The Morgan fingerprint density at radius 1 is 1.15 bits per heavy atom. The number of aromatic nitrogens is 2. The fraction of sp³-hybridized carbons (Fsp3) is 0.167. The number of phosphoric acid groups is 1. The number of aryl methyl sites for hydroxylation is 3. The van der Waals surface area contributed by atoms with Gasteiger partial charge in [0.05, 0.1) is 12.6 Å². The number of hydrogen-bond donors (Lipinski definition) is 3. The van der Waals surface area contributed by atoms with Crippen LogP contribution in [0, 0.1) is 6.92 Å². The molecule has 0 amide bonds. The third-order valence-electron chi connectivity index (χ3n) is 5.46. The van der Waals surface area contributed by atoms with E-state index in [4.69, 9.17) is 20.3 Å². The molecular weight excluding hydrogens is 460 g/mol. The van der Waals surface area contributed by atoms with Gasteiger partial charge in [-0.25, -0.2) is 9.55 Å². The van der Waals surface area contributed by atoms with Gasteiger partial charge in [-0.05, 0) is 66.3 Å². The average molecular weight is 483 g/mol. The maximum Gasteiger partial charge on any atom is 0.526 e. The first-order valence-corrected chi connectivity index (χ1v) is 11.9. The summed E-state index contributed by atoms with van der Waals surface area (Å²) in [7, 11) is -3.34. The maximum absolute atomic E-state index is 13.7. The third-order valence-corrected chi connectivity index (χ3v) is 5.87. The van der Waals surface area contributed by atoms with Gasteiger partial charge in [0.15, 0.2) is 5.82 Å². The first-order chi connectivity index (χ1) is 16.1. The molecule has 8 nitrogen and oxygen atoms in total. The Hall–Kier alpha value is -3.52. The lowest BCUT2D eigenvalue weighted by Gasteiger charge is -2.10. The minimum atomic E-state index is -4.98. The van der Waals surface area contributed by atoms with E-state index in [1.807, 2.05) is 18.2 Å². The number of pyridine rings is 2. The van der Waals surface area contributed by atoms with Crippen molar-refractivity contribution in [3.05, 3.63) is 76.9 Å². The first-order valence-electron chi connectivity index (χ1n) is 10.4. The summed E-state index contributed by atoms with van der Waals surface area (Å²) in [4.78, 5) is 26.4. The van der Waals surface area contributed by atoms with E-state index < -0.39 is 13.8 Å². The first kappa shape index (κ1) is 23.6. The summed E-state index contributed by atoms with van der Waals surface area (Å²) >= 11 is 0. The summed E-state index contributed by atoms with van der Waals surface area (Å²) in [5.41, 5.74) is 10.9. The largest absolute Gasteiger partial charge is 0.526 e. The Morgan fingerprint density at radius 2 is 1.94 bits per heavy atom. The fourth-order valence-corrected chi connectivity index (χ4v) is 4.10. The predicted octanol–water partition coefficient (Wildman–Crippen LogP) is 4.84. The molecule has 2 aromatic carbocycles. The van der Waals surface area contributed by atoms with E-state index in [1.54, 1.807) is 31.5 Å². The fourth-order valence-electron chi connectivity index (χ4n) is 3.82. The number of benzene rings is 2. The summed E-state index contributed by atoms with van der Waals surface area (Å²) < 4.78 is 33.8. The number of hydrogen-bond acceptors (Lipinski definition) is 6. The molecule has 0 saturated heterocycles. The number of nitrogens with zero attached hydrogens (tertiary/aromatic N) is 2. The highest BCUT2D eigenvalue weighted by molar-refractivity contribution is 7.46. The van der Waals surface area contributed by atoms with Crippen LogP contribution in [0.2, 0.25) is 0 Å². The van der Waals surface area contributed by atoms with E-state index in [0.29, 0.717) is 16.6 Å². The van der Waals surface area contributed by atoms with Gasteiger partial charge < -0.3 is 15.0 Å². The summed E-state index contributed by atoms with van der Waals surface area (Å²) in [5, 5.41) is 1.58. The molecule has 4 rings (SSSR count). The molecule has 0 saturated carbocycles. The van der Waals surface area contributed by atoms with Gasteiger partial charge in [0.25, 0.3) is 6.01 Å². The number of halogens is 1. The molecule has 0 aliphatic heterocycles. The van der Waals surface area contributed by atoms with Crippen molar-refractivity contribution in [3.8, 4) is 5.75 Å². The van der Waals surface area contributed by atoms with Gasteiger partial charge in [-0.2, -0.15) is 4.39 Å². The summed E-state index contributed by atoms with van der Waals surface area (Å²) in [6.07, 6.45) is 4.25. The van der Waals surface area contributed by atoms with Crippen LogP contribution in [-0.4, -0.2) is 26.9 Å². The predicted molar refractivity (Wildman–Crippen MR) is 129 cm³/mol. The van der Waals surface area contributed by atoms with Gasteiger partial charge in [-0.3, -0.25) is 14.8 Å². The van der Waals surface area contributed by atoms with Crippen LogP contribution >= 0.6 is 7.82 Å². The number of methoxy groups -OCH3 is 1. The quantitative estimate of drug-likeness (QED) is 0.193. The van der Waals surface area contributed by atoms with Crippen molar-refractivity contribution in [1.82, 2.24) is 9.97 Å². The van der Waals surface area contributed by atoms with Crippen molar-refractivity contribution in [3.63, 3.8) is 0 Å². The molecule has 0 atom stereocenters. The van der Waals surface area contributed by atoms with Crippen LogP contribution in [0.1, 0.15) is 22.3 Å². The minimum Gasteiger partial charge on any atom is -0.497 e. The lowest BCUT2D eigenvalue weighted by atomic mass is 9.99. The standard InChI is InChI=1S/C24H23FN3O5P/c1-14-9-18(32-2)7-6-17(14)5-3-16-10-20-19-8-4-15(12-22(25)33-34(29,30)31)11-21(19)28-24(26)23(20)27-13-16/h4,6-13H,3,5H2,1-2H3,(H2,26,28)(H2,29,30,31). The normalized spacial score (nSPS) is 12.3. The summed E-state index contributed by atoms with van der Waals surface area (Å²) in [6.45, 7) is 2.05. The average Bonchev–Trinajstić information content (AvgIpc) is 2.76. The molecule has 0 radical (unpaired) electrons. The van der Waals surface area contributed by atoms with Gasteiger partial charge in [-0.15, -0.1) is 0 Å². The number of nitrogens with two attached hydrogens (primary N) is 1. The Kier molecular flexibility index (Phi) is 6.52. The second-order valence-corrected chi connectivity index (χ2v) is 9.00. The van der Waals surface area contributed by atoms with Crippen LogP contribution in [0.15, 0.2) is 54.7 Å². The monoisotopic (exact) mass is 483 g/mol. The molecule has 0 fully saturated rings. The van der Waals surface area contributed by atoms with E-state index in [2.05, 4.69) is 27.5 Å². The topological polar surface area (TPSA) is 128 Å². The molecule has 176 valence electrons. The molecular formula is C24H23FN3O5P. The van der Waals surface area contributed by atoms with Crippen LogP contribution < -0.4 is 10.5 Å². The van der Waals surface area contributed by atoms with E-state index >= 15 is 0 Å². The Labute approximate surface area is 195 Å². The Bertz CT molecular complexity index is 1470. The van der Waals surface area contributed by atoms with E-state index in [9.17, 15) is 8.96 Å². The van der Waals surface area contributed by atoms with Gasteiger partial charge in [-0.1, -0.05) is 18.2 Å². The smallest absolute Gasteiger partial charge is 0.497 e. The second kappa shape index (κ2) is 9.38. The lowest BCUT2D eigenvalue weighted by molar-refractivity contribution is 0.203. The highest BCUT2D eigenvalue weighted by Gasteiger charge is 2.18. The van der Waals surface area contributed by atoms with E-state index in [1.165, 1.54) is 5.56 Å². The van der Waals surface area contributed by atoms with Crippen molar-refractivity contribution in [1.29, 1.82) is 0 Å². The molecule has 0 spiro atoms. The number of ether oxygens (including phenoxy) is 1. The number of anilines is 1. The SMILES string of the molecule is COc1ccc(CCc2cnc3c(N)nc4cc(C=C(F)OP(=O)(O)O)ccc4c3c2)c(C)c1. The molecule has 4 aromatic rings. The number of phosphoric ester groups is 1. The molecule has 34 heavy (non-hydrogen) atoms. The van der Waals surface area contributed by atoms with Crippen molar-refractivity contribution in [2.45, 2.75) is 19.8 Å². The summed E-state index contributed by atoms with van der Waals surface area (Å²) in [6, 6.07) is 11.5. The van der Waals surface area contributed by atoms with Crippen LogP contribution in [0.25, 0.3) is 27.9 Å². The zero-order chi connectivity index (χ0) is 24.5. The Morgan fingerprint density at radius 3 is 2.65 bits per heavy atom. The zero-order valence-electron chi connectivity index (χ0n) is 18.5. The van der Waals surface area contributed by atoms with E-state index in [-0.39, 0.29) is 5.82 Å². The minimum absolute atomic E-state index is 0.230. The molecule has 4 N–H and O–H groups in total. The van der Waals surface area contributed by atoms with Crippen molar-refractivity contribution in [2.24, 2.45) is 0 Å². The highest BCUT2D eigenvalue weighted by atomic mass is 31.2. The molecule has 0 bridgehead atoms. The van der Waals surface area contributed by atoms with Crippen molar-refractivity contribution >= 4 is 41.5 Å². The molecule has 10 heteroatoms. The van der Waals surface area contributed by atoms with Crippen LogP contribution in [0.4, 0.5) is 10.2 Å². The van der Waals surface area contributed by atoms with E-state index in [0.717, 1.165) is 46.6 Å². The molecule has 0 aliphatic rings. The van der Waals surface area contributed by atoms with Gasteiger partial charge in [0, 0.05) is 23.0 Å². The molecule has 0 aliphatic carbocycles. The maximum atomic E-state index is 13.7. The van der Waals surface area contributed by atoms with Crippen LogP contribution in [0.3, 0.4) is 0 Å². The van der Waals surface area contributed by atoms with Crippen LogP contribution in [-0.2, 0) is 21.9 Å². The lowest BCUT2D eigenvalue weighted by Crippen LogP contribution is -1.99. The van der Waals surface area contributed by atoms with Gasteiger partial charge in [0.1, 0.15) is 11.3 Å². The van der Waals surface area contributed by atoms with Crippen molar-refractivity contribution < 1.29 is 28.0 Å². The molecule has 2 heterocycles. The molecule has 0 unspecified atom stereocenters. The van der Waals surface area contributed by atoms with Gasteiger partial charge >= 0.3 is 7.82 Å². The Balaban J connectivity index is 1.66. The third kappa shape index (κ3) is 5.34. The second-order valence-electron chi connectivity index (χ2n) is 7.84. The number of rotatable bonds is 7. The number of fused-ring (bicyclic) bond motifs is 3. The highest BCUT2D eigenvalue weighted by Crippen LogP contribution is 2.39. The van der Waals surface area contributed by atoms with Gasteiger partial charge in [0.2, 0.25) is 0 Å². The van der Waals surface area contributed by atoms with Crippen molar-refractivity contribution in [2.75, 3.05) is 12.8 Å². The van der Waals surface area contributed by atoms with Crippen LogP contribution in [0.5, 0.6) is 5.75 Å². The number of nitrogen functional groups attached to an aromatic ring is 1. The zero-order valence-corrected chi connectivity index (χ0v) is 19.4. The molecule has 2 aromatic heterocycles.